The predicted octanol–water partition coefficient (Wildman–Crippen LogP) is 4.80. The van der Waals surface area contributed by atoms with Gasteiger partial charge in [0.05, 0.1) is 48.3 Å². The molecule has 0 bridgehead atoms. The molecular weight excluding hydrogens is 452 g/mol. The third kappa shape index (κ3) is 4.69. The van der Waals surface area contributed by atoms with Crippen LogP contribution >= 0.6 is 11.6 Å². The number of pyridine rings is 2. The number of hydrogen-bond donors (Lipinski definition) is 0. The van der Waals surface area contributed by atoms with Crippen molar-refractivity contribution in [1.82, 2.24) is 19.5 Å². The Bertz CT molecular complexity index is 1200. The number of ether oxygens (including phenoxy) is 1. The lowest BCUT2D eigenvalue weighted by atomic mass is 9.97. The number of unbranched alkanes of at least 4 members (excludes halogenated alkanes) is 1. The molecule has 0 unspecified atom stereocenters. The zero-order chi connectivity index (χ0) is 23.9. The number of nitrogens with zero attached hydrogens (tertiary/aromatic N) is 6. The van der Waals surface area contributed by atoms with Gasteiger partial charge in [0.2, 0.25) is 0 Å². The number of hydrogen-bond acceptors (Lipinski definition) is 7. The molecule has 3 aromatic heterocycles. The lowest BCUT2D eigenvalue weighted by molar-refractivity contribution is -0.153. The maximum Gasteiger partial charge on any atom is 0.311 e. The van der Waals surface area contributed by atoms with Crippen molar-refractivity contribution >= 4 is 40.1 Å². The Morgan fingerprint density at radius 3 is 2.74 bits per heavy atom. The van der Waals surface area contributed by atoms with Crippen LogP contribution in [-0.4, -0.2) is 44.8 Å². The largest absolute Gasteiger partial charge is 0.465 e. The Balaban J connectivity index is 1.32. The minimum atomic E-state index is -0.478. The second kappa shape index (κ2) is 9.06. The Kier molecular flexibility index (Phi) is 6.10. The molecule has 0 spiro atoms. The maximum absolute atomic E-state index is 12.0. The van der Waals surface area contributed by atoms with E-state index in [0.29, 0.717) is 30.0 Å². The smallest absolute Gasteiger partial charge is 0.311 e. The number of carbonyl (C=O) groups is 1. The number of aryl methyl sites for hydroxylation is 1. The lowest BCUT2D eigenvalue weighted by Crippen LogP contribution is -2.32. The monoisotopic (exact) mass is 482 g/mol. The molecule has 34 heavy (non-hydrogen) atoms. The van der Waals surface area contributed by atoms with Gasteiger partial charge >= 0.3 is 5.97 Å². The van der Waals surface area contributed by atoms with Gasteiger partial charge < -0.3 is 19.1 Å². The summed E-state index contributed by atoms with van der Waals surface area (Å²) in [5.41, 5.74) is 3.55. The molecule has 0 saturated heterocycles. The van der Waals surface area contributed by atoms with E-state index in [9.17, 15) is 4.79 Å². The summed E-state index contributed by atoms with van der Waals surface area (Å²) in [4.78, 5) is 30.5. The maximum atomic E-state index is 12.0. The highest BCUT2D eigenvalue weighted by molar-refractivity contribution is 6.29. The molecule has 2 aliphatic rings. The average molecular weight is 483 g/mol. The minimum absolute atomic E-state index is 0.165. The second-order valence-corrected chi connectivity index (χ2v) is 10.5. The van der Waals surface area contributed by atoms with Crippen LogP contribution in [0, 0.1) is 5.41 Å². The van der Waals surface area contributed by atoms with Crippen molar-refractivity contribution < 1.29 is 9.53 Å². The van der Waals surface area contributed by atoms with Gasteiger partial charge in [-0.2, -0.15) is 0 Å². The highest BCUT2D eigenvalue weighted by atomic mass is 35.5. The molecule has 0 aromatic carbocycles. The number of aromatic nitrogens is 4. The molecule has 8 nitrogen and oxygen atoms in total. The summed E-state index contributed by atoms with van der Waals surface area (Å²) in [5, 5.41) is 0.438. The van der Waals surface area contributed by atoms with E-state index in [2.05, 4.69) is 30.4 Å². The molecule has 1 aliphatic carbocycles. The van der Waals surface area contributed by atoms with E-state index >= 15 is 0 Å². The normalized spacial score (nSPS) is 15.8. The Labute approximate surface area is 204 Å². The summed E-state index contributed by atoms with van der Waals surface area (Å²) < 4.78 is 7.65. The predicted molar refractivity (Wildman–Crippen MR) is 133 cm³/mol. The van der Waals surface area contributed by atoms with Crippen LogP contribution in [0.4, 0.5) is 11.4 Å². The zero-order valence-corrected chi connectivity index (χ0v) is 20.8. The summed E-state index contributed by atoms with van der Waals surface area (Å²) in [5.74, 6) is 0.783. The Morgan fingerprint density at radius 1 is 1.15 bits per heavy atom. The van der Waals surface area contributed by atoms with Crippen molar-refractivity contribution in [3.8, 4) is 0 Å². The van der Waals surface area contributed by atoms with Gasteiger partial charge in [0, 0.05) is 18.8 Å². The van der Waals surface area contributed by atoms with Crippen LogP contribution in [0.25, 0.3) is 11.2 Å². The first kappa shape index (κ1) is 22.9. The molecule has 1 fully saturated rings. The first-order chi connectivity index (χ1) is 16.3. The van der Waals surface area contributed by atoms with Crippen LogP contribution in [0.2, 0.25) is 5.15 Å². The highest BCUT2D eigenvalue weighted by Crippen LogP contribution is 2.42. The molecule has 0 radical (unpaired) electrons. The molecular formula is C25H31ClN6O2. The van der Waals surface area contributed by atoms with Gasteiger partial charge in [0.1, 0.15) is 11.0 Å². The van der Waals surface area contributed by atoms with Crippen LogP contribution in [0.3, 0.4) is 0 Å². The molecule has 0 amide bonds. The number of imidazole rings is 1. The van der Waals surface area contributed by atoms with E-state index < -0.39 is 5.41 Å². The number of rotatable bonds is 8. The van der Waals surface area contributed by atoms with Crippen molar-refractivity contribution in [2.24, 2.45) is 5.41 Å². The molecule has 1 aliphatic heterocycles. The van der Waals surface area contributed by atoms with Crippen LogP contribution in [0.5, 0.6) is 0 Å². The van der Waals surface area contributed by atoms with Gasteiger partial charge in [0.25, 0.3) is 0 Å². The first-order valence-corrected chi connectivity index (χ1v) is 12.3. The number of halogens is 1. The first-order valence-electron chi connectivity index (χ1n) is 12.0. The molecule has 9 heteroatoms. The van der Waals surface area contributed by atoms with E-state index in [1.165, 1.54) is 18.5 Å². The summed E-state index contributed by atoms with van der Waals surface area (Å²) >= 11 is 6.16. The Hall–Kier alpha value is -2.87. The fraction of sp³-hybridized carbons (Fsp3) is 0.520. The van der Waals surface area contributed by atoms with Gasteiger partial charge in [-0.05, 0) is 64.7 Å². The summed E-state index contributed by atoms with van der Waals surface area (Å²) in [6.07, 6.45) is 7.96. The zero-order valence-electron chi connectivity index (χ0n) is 20.0. The molecule has 180 valence electrons. The van der Waals surface area contributed by atoms with Crippen molar-refractivity contribution in [3.63, 3.8) is 0 Å². The SMILES string of the molecule is CC(C)(C)C(=O)OCCCCn1c(CN2CN(C3CC3)c3ccncc32)nc2nc(Cl)ccc21. The molecule has 5 rings (SSSR count). The third-order valence-electron chi connectivity index (χ3n) is 6.35. The van der Waals surface area contributed by atoms with Crippen LogP contribution in [-0.2, 0) is 22.6 Å². The average Bonchev–Trinajstić information content (AvgIpc) is 3.50. The van der Waals surface area contributed by atoms with Crippen molar-refractivity contribution in [2.45, 2.75) is 65.6 Å². The number of fused-ring (bicyclic) bond motifs is 2. The fourth-order valence-electron chi connectivity index (χ4n) is 4.36. The third-order valence-corrected chi connectivity index (χ3v) is 6.56. The number of esters is 1. The Morgan fingerprint density at radius 2 is 1.97 bits per heavy atom. The van der Waals surface area contributed by atoms with Crippen molar-refractivity contribution in [1.29, 1.82) is 0 Å². The molecule has 0 N–H and O–H groups in total. The van der Waals surface area contributed by atoms with Gasteiger partial charge in [-0.1, -0.05) is 11.6 Å². The van der Waals surface area contributed by atoms with E-state index in [1.807, 2.05) is 39.2 Å². The van der Waals surface area contributed by atoms with Gasteiger partial charge in [-0.15, -0.1) is 0 Å². The van der Waals surface area contributed by atoms with E-state index in [4.69, 9.17) is 21.3 Å². The van der Waals surface area contributed by atoms with Gasteiger partial charge in [-0.3, -0.25) is 9.78 Å². The molecule has 3 aromatic rings. The number of carbonyl (C=O) groups excluding carboxylic acids is 1. The van der Waals surface area contributed by atoms with E-state index in [-0.39, 0.29) is 5.97 Å². The number of anilines is 2. The standard InChI is InChI=1S/C25H31ClN6O2/c1-25(2,3)24(33)34-13-5-4-12-31-19-8-9-21(26)28-23(19)29-22(31)15-30-16-32(17-6-7-17)18-10-11-27-14-20(18)30/h8-11,14,17H,4-7,12-13,15-16H2,1-3H3. The highest BCUT2D eigenvalue weighted by Gasteiger charge is 2.37. The van der Waals surface area contributed by atoms with Crippen LogP contribution < -0.4 is 9.80 Å². The summed E-state index contributed by atoms with van der Waals surface area (Å²) in [6, 6.07) is 6.52. The lowest BCUT2D eigenvalue weighted by Gasteiger charge is -2.21. The second-order valence-electron chi connectivity index (χ2n) is 10.2. The summed E-state index contributed by atoms with van der Waals surface area (Å²) in [6.45, 7) is 8.29. The van der Waals surface area contributed by atoms with Gasteiger partial charge in [0.15, 0.2) is 5.65 Å². The van der Waals surface area contributed by atoms with Crippen molar-refractivity contribution in [3.05, 3.63) is 41.6 Å². The fourth-order valence-corrected chi connectivity index (χ4v) is 4.51. The van der Waals surface area contributed by atoms with E-state index in [0.717, 1.165) is 43.1 Å². The van der Waals surface area contributed by atoms with Crippen LogP contribution in [0.15, 0.2) is 30.6 Å². The summed E-state index contributed by atoms with van der Waals surface area (Å²) in [7, 11) is 0. The molecule has 1 saturated carbocycles. The van der Waals surface area contributed by atoms with E-state index in [1.54, 1.807) is 6.07 Å². The molecule has 4 heterocycles. The van der Waals surface area contributed by atoms with Gasteiger partial charge in [-0.25, -0.2) is 9.97 Å². The molecule has 0 atom stereocenters. The topological polar surface area (TPSA) is 76.4 Å². The van der Waals surface area contributed by atoms with Crippen LogP contribution in [0.1, 0.15) is 52.3 Å². The van der Waals surface area contributed by atoms with Crippen molar-refractivity contribution in [2.75, 3.05) is 23.1 Å². The minimum Gasteiger partial charge on any atom is -0.465 e. The quantitative estimate of drug-likeness (QED) is 0.259.